The summed E-state index contributed by atoms with van der Waals surface area (Å²) < 4.78 is 11.2. The van der Waals surface area contributed by atoms with Crippen LogP contribution in [0.1, 0.15) is 34.6 Å². The van der Waals surface area contributed by atoms with E-state index in [9.17, 15) is 4.79 Å². The molecular formula is C14H27NO3Si. The summed E-state index contributed by atoms with van der Waals surface area (Å²) in [5.74, 6) is 0.749. The lowest BCUT2D eigenvalue weighted by atomic mass is 10.1. The van der Waals surface area contributed by atoms with Gasteiger partial charge in [0, 0.05) is 0 Å². The normalized spacial score (nSPS) is 20.7. The molecular weight excluding hydrogens is 258 g/mol. The second-order valence-corrected chi connectivity index (χ2v) is 11.7. The molecule has 1 aliphatic rings. The molecule has 0 spiro atoms. The van der Waals surface area contributed by atoms with Crippen molar-refractivity contribution in [3.05, 3.63) is 12.5 Å². The SMILES string of the molecule is C=C(O[Si](C)(C)C(C)(C)C)N1C(=O)OC[C@@H]1C(C)C. The molecule has 1 aliphatic heterocycles. The summed E-state index contributed by atoms with van der Waals surface area (Å²) >= 11 is 0. The summed E-state index contributed by atoms with van der Waals surface area (Å²) in [7, 11) is -1.98. The second-order valence-electron chi connectivity index (χ2n) is 7.01. The Morgan fingerprint density at radius 2 is 2.00 bits per heavy atom. The zero-order valence-corrected chi connectivity index (χ0v) is 14.2. The maximum absolute atomic E-state index is 11.8. The minimum atomic E-state index is -1.98. The van der Waals surface area contributed by atoms with Crippen molar-refractivity contribution in [3.63, 3.8) is 0 Å². The Balaban J connectivity index is 2.85. The zero-order valence-electron chi connectivity index (χ0n) is 13.2. The van der Waals surface area contributed by atoms with Gasteiger partial charge in [-0.25, -0.2) is 9.69 Å². The van der Waals surface area contributed by atoms with Gasteiger partial charge in [0.2, 0.25) is 0 Å². The van der Waals surface area contributed by atoms with Gasteiger partial charge >= 0.3 is 6.09 Å². The van der Waals surface area contributed by atoms with Crippen molar-refractivity contribution >= 4 is 14.4 Å². The second kappa shape index (κ2) is 5.19. The number of nitrogens with zero attached hydrogens (tertiary/aromatic N) is 1. The predicted octanol–water partition coefficient (Wildman–Crippen LogP) is 3.96. The Hall–Kier alpha value is -0.973. The number of amides is 1. The molecule has 19 heavy (non-hydrogen) atoms. The molecule has 0 aromatic rings. The van der Waals surface area contributed by atoms with E-state index in [0.29, 0.717) is 18.4 Å². The minimum Gasteiger partial charge on any atom is -0.532 e. The van der Waals surface area contributed by atoms with Crippen molar-refractivity contribution in [1.29, 1.82) is 0 Å². The molecule has 1 atom stereocenters. The number of hydrogen-bond donors (Lipinski definition) is 0. The van der Waals surface area contributed by atoms with E-state index in [1.165, 1.54) is 0 Å². The van der Waals surface area contributed by atoms with E-state index < -0.39 is 8.32 Å². The van der Waals surface area contributed by atoms with E-state index in [1.54, 1.807) is 4.90 Å². The summed E-state index contributed by atoms with van der Waals surface area (Å²) in [6.07, 6.45) is -0.345. The van der Waals surface area contributed by atoms with Crippen molar-refractivity contribution in [2.45, 2.75) is 58.8 Å². The molecule has 0 unspecified atom stereocenters. The summed E-state index contributed by atoms with van der Waals surface area (Å²) in [4.78, 5) is 13.4. The first-order valence-corrected chi connectivity index (χ1v) is 9.72. The molecule has 1 fully saturated rings. The number of cyclic esters (lactones) is 1. The van der Waals surface area contributed by atoms with Crippen LogP contribution in [0.4, 0.5) is 4.79 Å². The first-order valence-electron chi connectivity index (χ1n) is 6.81. The maximum Gasteiger partial charge on any atom is 0.417 e. The molecule has 0 radical (unpaired) electrons. The van der Waals surface area contributed by atoms with Gasteiger partial charge in [-0.2, -0.15) is 0 Å². The molecule has 0 bridgehead atoms. The van der Waals surface area contributed by atoms with Gasteiger partial charge in [0.1, 0.15) is 6.61 Å². The van der Waals surface area contributed by atoms with Crippen LogP contribution < -0.4 is 0 Å². The average molecular weight is 285 g/mol. The Labute approximate surface area is 117 Å². The van der Waals surface area contributed by atoms with Gasteiger partial charge in [0.15, 0.2) is 5.88 Å². The van der Waals surface area contributed by atoms with E-state index in [1.807, 2.05) is 0 Å². The number of ether oxygens (including phenoxy) is 1. The van der Waals surface area contributed by atoms with Crippen LogP contribution in [0.15, 0.2) is 12.5 Å². The van der Waals surface area contributed by atoms with Gasteiger partial charge in [-0.15, -0.1) is 0 Å². The van der Waals surface area contributed by atoms with Crippen LogP contribution >= 0.6 is 0 Å². The predicted molar refractivity (Wildman–Crippen MR) is 79.2 cm³/mol. The Kier molecular flexibility index (Phi) is 4.39. The van der Waals surface area contributed by atoms with Crippen molar-refractivity contribution in [2.24, 2.45) is 5.92 Å². The molecule has 0 aliphatic carbocycles. The Morgan fingerprint density at radius 3 is 2.42 bits per heavy atom. The molecule has 1 amide bonds. The highest BCUT2D eigenvalue weighted by Crippen LogP contribution is 2.39. The third-order valence-corrected chi connectivity index (χ3v) is 8.48. The van der Waals surface area contributed by atoms with Crippen LogP contribution in [0.3, 0.4) is 0 Å². The smallest absolute Gasteiger partial charge is 0.417 e. The third-order valence-electron chi connectivity index (χ3n) is 4.12. The summed E-state index contributed by atoms with van der Waals surface area (Å²) in [6.45, 7) is 19.3. The summed E-state index contributed by atoms with van der Waals surface area (Å²) in [5.41, 5.74) is 0. The fraction of sp³-hybridized carbons (Fsp3) is 0.786. The fourth-order valence-electron chi connectivity index (χ4n) is 1.71. The monoisotopic (exact) mass is 285 g/mol. The average Bonchev–Trinajstić information content (AvgIpc) is 2.57. The lowest BCUT2D eigenvalue weighted by Crippen LogP contribution is -2.45. The molecule has 0 saturated carbocycles. The van der Waals surface area contributed by atoms with E-state index in [2.05, 4.69) is 54.3 Å². The molecule has 0 aromatic heterocycles. The maximum atomic E-state index is 11.8. The highest BCUT2D eigenvalue weighted by molar-refractivity contribution is 6.74. The summed E-state index contributed by atoms with van der Waals surface area (Å²) in [5, 5.41) is 0.0763. The molecule has 1 saturated heterocycles. The fourth-order valence-corrected chi connectivity index (χ4v) is 2.70. The molecule has 1 rings (SSSR count). The number of rotatable bonds is 4. The Bertz CT molecular complexity index is 371. The van der Waals surface area contributed by atoms with Crippen LogP contribution in [0, 0.1) is 5.92 Å². The van der Waals surface area contributed by atoms with Gasteiger partial charge in [0.25, 0.3) is 8.32 Å². The van der Waals surface area contributed by atoms with Crippen LogP contribution in [-0.2, 0) is 9.16 Å². The molecule has 4 nitrogen and oxygen atoms in total. The number of carbonyl (C=O) groups excluding carboxylic acids is 1. The van der Waals surface area contributed by atoms with Crippen LogP contribution in [0.2, 0.25) is 18.1 Å². The van der Waals surface area contributed by atoms with Gasteiger partial charge < -0.3 is 9.16 Å². The van der Waals surface area contributed by atoms with Crippen LogP contribution in [-0.4, -0.2) is 32.0 Å². The van der Waals surface area contributed by atoms with Crippen molar-refractivity contribution in [1.82, 2.24) is 4.90 Å². The van der Waals surface area contributed by atoms with Gasteiger partial charge in [0.05, 0.1) is 6.04 Å². The lowest BCUT2D eigenvalue weighted by molar-refractivity contribution is 0.148. The van der Waals surface area contributed by atoms with Crippen molar-refractivity contribution in [3.8, 4) is 0 Å². The molecule has 5 heteroatoms. The first-order chi connectivity index (χ1) is 8.47. The van der Waals surface area contributed by atoms with Crippen molar-refractivity contribution < 1.29 is 14.0 Å². The van der Waals surface area contributed by atoms with Crippen LogP contribution in [0.5, 0.6) is 0 Å². The zero-order chi connectivity index (χ0) is 15.0. The first kappa shape index (κ1) is 16.1. The topological polar surface area (TPSA) is 38.8 Å². The highest BCUT2D eigenvalue weighted by Gasteiger charge is 2.43. The van der Waals surface area contributed by atoms with E-state index in [-0.39, 0.29) is 17.2 Å². The van der Waals surface area contributed by atoms with Crippen LogP contribution in [0.25, 0.3) is 0 Å². The quantitative estimate of drug-likeness (QED) is 0.580. The van der Waals surface area contributed by atoms with E-state index >= 15 is 0 Å². The van der Waals surface area contributed by atoms with Gasteiger partial charge in [-0.1, -0.05) is 34.6 Å². The molecule has 0 aromatic carbocycles. The molecule has 0 N–H and O–H groups in total. The minimum absolute atomic E-state index is 0.0183. The van der Waals surface area contributed by atoms with Gasteiger partial charge in [-0.3, -0.25) is 0 Å². The molecule has 110 valence electrons. The number of hydrogen-bond acceptors (Lipinski definition) is 3. The third kappa shape index (κ3) is 3.32. The Morgan fingerprint density at radius 1 is 1.47 bits per heavy atom. The lowest BCUT2D eigenvalue weighted by Gasteiger charge is -2.39. The highest BCUT2D eigenvalue weighted by atomic mass is 28.4. The number of carbonyl (C=O) groups is 1. The van der Waals surface area contributed by atoms with Crippen molar-refractivity contribution in [2.75, 3.05) is 6.61 Å². The largest absolute Gasteiger partial charge is 0.532 e. The standard InChI is InChI=1S/C14H27NO3Si/c1-10(2)12-9-17-13(16)15(12)11(3)18-19(7,8)14(4,5)6/h10,12H,3,9H2,1-2,4-8H3/t12-/m1/s1. The molecule has 1 heterocycles. The van der Waals surface area contributed by atoms with Gasteiger partial charge in [-0.05, 0) is 30.6 Å². The summed E-state index contributed by atoms with van der Waals surface area (Å²) in [6, 6.07) is 0.0183. The van der Waals surface area contributed by atoms with E-state index in [0.717, 1.165) is 0 Å². The van der Waals surface area contributed by atoms with E-state index in [4.69, 9.17) is 9.16 Å².